The first-order valence-electron chi connectivity index (χ1n) is 11.7. The van der Waals surface area contributed by atoms with Crippen LogP contribution in [-0.4, -0.2) is 41.6 Å². The molecule has 0 radical (unpaired) electrons. The highest BCUT2D eigenvalue weighted by Gasteiger charge is 2.25. The summed E-state index contributed by atoms with van der Waals surface area (Å²) in [7, 11) is 0. The van der Waals surface area contributed by atoms with Crippen LogP contribution in [0.4, 0.5) is 4.79 Å². The summed E-state index contributed by atoms with van der Waals surface area (Å²) in [6, 6.07) is 25.8. The van der Waals surface area contributed by atoms with Crippen LogP contribution in [0.2, 0.25) is 0 Å². The Balaban J connectivity index is 1.49. The molecule has 0 aliphatic rings. The van der Waals surface area contributed by atoms with Crippen molar-refractivity contribution >= 4 is 29.8 Å². The number of thioether (sulfide) groups is 1. The zero-order valence-corrected chi connectivity index (χ0v) is 21.1. The second-order valence-electron chi connectivity index (χ2n) is 8.09. The molecule has 0 spiro atoms. The lowest BCUT2D eigenvalue weighted by atomic mass is 10.2. The lowest BCUT2D eigenvalue weighted by Gasteiger charge is -2.18. The number of rotatable bonds is 13. The van der Waals surface area contributed by atoms with Gasteiger partial charge in [-0.15, -0.1) is 0 Å². The van der Waals surface area contributed by atoms with E-state index in [1.807, 2.05) is 91.0 Å². The van der Waals surface area contributed by atoms with Crippen molar-refractivity contribution in [2.75, 3.05) is 11.5 Å². The predicted molar refractivity (Wildman–Crippen MR) is 141 cm³/mol. The van der Waals surface area contributed by atoms with Gasteiger partial charge in [0.15, 0.2) is 0 Å². The Morgan fingerprint density at radius 2 is 1.08 bits per heavy atom. The molecule has 0 saturated carbocycles. The lowest BCUT2D eigenvalue weighted by Crippen LogP contribution is -2.44. The molecule has 3 N–H and O–H groups in total. The van der Waals surface area contributed by atoms with E-state index in [0.29, 0.717) is 0 Å². The van der Waals surface area contributed by atoms with E-state index in [2.05, 4.69) is 5.32 Å². The van der Waals surface area contributed by atoms with Gasteiger partial charge in [-0.1, -0.05) is 91.0 Å². The SMILES string of the molecule is N[C@H](CSC[C@H](NC(=O)OCc1ccccc1)C(=O)OCc1ccccc1)C(=O)OCc1ccccc1. The molecule has 0 aliphatic carbocycles. The number of nitrogens with one attached hydrogen (secondary N) is 1. The van der Waals surface area contributed by atoms with Gasteiger partial charge in [-0.2, -0.15) is 11.8 Å². The number of hydrogen-bond donors (Lipinski definition) is 2. The highest BCUT2D eigenvalue weighted by molar-refractivity contribution is 7.99. The monoisotopic (exact) mass is 522 g/mol. The van der Waals surface area contributed by atoms with Gasteiger partial charge in [0.25, 0.3) is 0 Å². The third-order valence-electron chi connectivity index (χ3n) is 5.12. The zero-order chi connectivity index (χ0) is 26.3. The molecule has 0 unspecified atom stereocenters. The Kier molecular flexibility index (Phi) is 11.5. The number of hydrogen-bond acceptors (Lipinski definition) is 8. The van der Waals surface area contributed by atoms with E-state index in [4.69, 9.17) is 19.9 Å². The van der Waals surface area contributed by atoms with Crippen molar-refractivity contribution in [3.05, 3.63) is 108 Å². The van der Waals surface area contributed by atoms with Crippen LogP contribution in [-0.2, 0) is 43.6 Å². The Bertz CT molecular complexity index is 1120. The number of esters is 2. The second kappa shape index (κ2) is 15.3. The van der Waals surface area contributed by atoms with Crippen LogP contribution in [0.1, 0.15) is 16.7 Å². The van der Waals surface area contributed by atoms with E-state index in [1.54, 1.807) is 0 Å². The summed E-state index contributed by atoms with van der Waals surface area (Å²) in [6.45, 7) is 0.248. The average Bonchev–Trinajstić information content (AvgIpc) is 2.94. The van der Waals surface area contributed by atoms with E-state index in [9.17, 15) is 14.4 Å². The summed E-state index contributed by atoms with van der Waals surface area (Å²) in [4.78, 5) is 37.4. The van der Waals surface area contributed by atoms with Crippen molar-refractivity contribution in [1.82, 2.24) is 5.32 Å². The topological polar surface area (TPSA) is 117 Å². The van der Waals surface area contributed by atoms with E-state index in [1.165, 1.54) is 11.8 Å². The largest absolute Gasteiger partial charge is 0.460 e. The Morgan fingerprint density at radius 1 is 0.649 bits per heavy atom. The fraction of sp³-hybridized carbons (Fsp3) is 0.250. The highest BCUT2D eigenvalue weighted by Crippen LogP contribution is 2.11. The summed E-state index contributed by atoms with van der Waals surface area (Å²) in [5.74, 6) is -0.840. The number of nitrogens with two attached hydrogens (primary N) is 1. The van der Waals surface area contributed by atoms with Gasteiger partial charge in [0, 0.05) is 11.5 Å². The number of ether oxygens (including phenoxy) is 3. The normalized spacial score (nSPS) is 12.1. The molecule has 0 heterocycles. The third-order valence-corrected chi connectivity index (χ3v) is 6.29. The molecule has 194 valence electrons. The molecule has 37 heavy (non-hydrogen) atoms. The molecule has 0 saturated heterocycles. The maximum atomic E-state index is 12.8. The van der Waals surface area contributed by atoms with Crippen molar-refractivity contribution in [3.63, 3.8) is 0 Å². The maximum Gasteiger partial charge on any atom is 0.408 e. The summed E-state index contributed by atoms with van der Waals surface area (Å²) in [5, 5.41) is 2.56. The van der Waals surface area contributed by atoms with Gasteiger partial charge in [-0.25, -0.2) is 9.59 Å². The first kappa shape index (κ1) is 27.8. The van der Waals surface area contributed by atoms with Gasteiger partial charge in [-0.05, 0) is 16.7 Å². The lowest BCUT2D eigenvalue weighted by molar-refractivity contribution is -0.147. The van der Waals surface area contributed by atoms with Crippen molar-refractivity contribution in [2.24, 2.45) is 5.73 Å². The van der Waals surface area contributed by atoms with Crippen LogP contribution >= 0.6 is 11.8 Å². The molecule has 9 heteroatoms. The van der Waals surface area contributed by atoms with Gasteiger partial charge in [0.05, 0.1) is 0 Å². The molecule has 2 atom stereocenters. The van der Waals surface area contributed by atoms with E-state index >= 15 is 0 Å². The number of carbonyl (C=O) groups is 3. The van der Waals surface area contributed by atoms with Crippen LogP contribution in [0, 0.1) is 0 Å². The molecule has 3 aromatic rings. The highest BCUT2D eigenvalue weighted by atomic mass is 32.2. The first-order chi connectivity index (χ1) is 18.0. The molecule has 0 aromatic heterocycles. The fourth-order valence-electron chi connectivity index (χ4n) is 3.12. The fourth-order valence-corrected chi connectivity index (χ4v) is 4.10. The molecule has 1 amide bonds. The van der Waals surface area contributed by atoms with Gasteiger partial charge in [-0.3, -0.25) is 4.79 Å². The van der Waals surface area contributed by atoms with Crippen molar-refractivity contribution in [3.8, 4) is 0 Å². The molecule has 0 aliphatic heterocycles. The molecule has 3 rings (SSSR count). The summed E-state index contributed by atoms with van der Waals surface area (Å²) >= 11 is 1.23. The number of benzene rings is 3. The second-order valence-corrected chi connectivity index (χ2v) is 9.16. The number of amides is 1. The molecule has 8 nitrogen and oxygen atoms in total. The standard InChI is InChI=1S/C28H30N2O6S/c29-24(26(31)34-16-21-10-4-1-5-11-21)19-37-20-25(27(32)35-17-22-12-6-2-7-13-22)30-28(33)36-18-23-14-8-3-9-15-23/h1-15,24-25H,16-20,29H2,(H,30,33)/t24-,25+/m1/s1. The van der Waals surface area contributed by atoms with E-state index < -0.39 is 30.1 Å². The number of alkyl carbamates (subject to hydrolysis) is 1. The molecular weight excluding hydrogens is 492 g/mol. The van der Waals surface area contributed by atoms with Crippen LogP contribution in [0.25, 0.3) is 0 Å². The van der Waals surface area contributed by atoms with Gasteiger partial charge < -0.3 is 25.3 Å². The molecular formula is C28H30N2O6S. The van der Waals surface area contributed by atoms with Crippen molar-refractivity contribution < 1.29 is 28.6 Å². The van der Waals surface area contributed by atoms with E-state index in [-0.39, 0.29) is 31.3 Å². The minimum atomic E-state index is -0.996. The Hall–Kier alpha value is -3.82. The summed E-state index contributed by atoms with van der Waals surface area (Å²) < 4.78 is 15.9. The molecule has 0 fully saturated rings. The minimum absolute atomic E-state index is 0.0593. The zero-order valence-electron chi connectivity index (χ0n) is 20.3. The Labute approximate surface area is 220 Å². The molecule has 3 aromatic carbocycles. The summed E-state index contributed by atoms with van der Waals surface area (Å²) in [6.07, 6.45) is -0.752. The Morgan fingerprint density at radius 3 is 1.57 bits per heavy atom. The minimum Gasteiger partial charge on any atom is -0.460 e. The summed E-state index contributed by atoms with van der Waals surface area (Å²) in [5.41, 5.74) is 8.46. The quantitative estimate of drug-likeness (QED) is 0.257. The van der Waals surface area contributed by atoms with Gasteiger partial charge in [0.1, 0.15) is 31.9 Å². The van der Waals surface area contributed by atoms with Crippen LogP contribution in [0.5, 0.6) is 0 Å². The van der Waals surface area contributed by atoms with Gasteiger partial charge >= 0.3 is 18.0 Å². The third kappa shape index (κ3) is 10.4. The predicted octanol–water partition coefficient (Wildman–Crippen LogP) is 3.83. The maximum absolute atomic E-state index is 12.8. The van der Waals surface area contributed by atoms with Crippen LogP contribution < -0.4 is 11.1 Å². The smallest absolute Gasteiger partial charge is 0.408 e. The van der Waals surface area contributed by atoms with Crippen molar-refractivity contribution in [1.29, 1.82) is 0 Å². The van der Waals surface area contributed by atoms with Crippen LogP contribution in [0.15, 0.2) is 91.0 Å². The molecule has 0 bridgehead atoms. The first-order valence-corrected chi connectivity index (χ1v) is 12.9. The average molecular weight is 523 g/mol. The van der Waals surface area contributed by atoms with E-state index in [0.717, 1.165) is 16.7 Å². The van der Waals surface area contributed by atoms with Crippen LogP contribution in [0.3, 0.4) is 0 Å². The number of carbonyl (C=O) groups excluding carboxylic acids is 3. The van der Waals surface area contributed by atoms with Crippen molar-refractivity contribution in [2.45, 2.75) is 31.9 Å². The van der Waals surface area contributed by atoms with Gasteiger partial charge in [0.2, 0.25) is 0 Å².